The van der Waals surface area contributed by atoms with E-state index in [4.69, 9.17) is 18.0 Å². The summed E-state index contributed by atoms with van der Waals surface area (Å²) < 4.78 is 0.355. The Hall–Kier alpha value is -3.88. The number of fused-ring (bicyclic) bond motifs is 3. The van der Waals surface area contributed by atoms with Crippen LogP contribution >= 0.6 is 24.0 Å². The van der Waals surface area contributed by atoms with E-state index in [1.165, 1.54) is 40.0 Å². The molecule has 39 heavy (non-hydrogen) atoms. The molecule has 0 aromatic heterocycles. The zero-order valence-corrected chi connectivity index (χ0v) is 22.8. The van der Waals surface area contributed by atoms with Crippen LogP contribution < -0.4 is 10.6 Å². The number of hydrogen-bond acceptors (Lipinski definition) is 6. The number of amides is 2. The molecule has 0 spiro atoms. The SMILES string of the molecule is NC(=O)CN1C(=O)/C(=C\c2ccc3c(c2)C2CCCC2N3c2ccc(/C=C/c3cccc(O)c3)cc2)SC1=S. The summed E-state index contributed by atoms with van der Waals surface area (Å²) in [5.41, 5.74) is 12.0. The maximum atomic E-state index is 12.8. The monoisotopic (exact) mass is 553 g/mol. The highest BCUT2D eigenvalue weighted by molar-refractivity contribution is 8.26. The Labute approximate surface area is 236 Å². The molecule has 1 saturated carbocycles. The number of anilines is 2. The zero-order valence-electron chi connectivity index (χ0n) is 21.1. The van der Waals surface area contributed by atoms with Crippen molar-refractivity contribution in [2.75, 3.05) is 11.4 Å². The molecule has 3 aromatic rings. The largest absolute Gasteiger partial charge is 0.508 e. The first-order valence-electron chi connectivity index (χ1n) is 12.9. The van der Waals surface area contributed by atoms with E-state index < -0.39 is 5.91 Å². The van der Waals surface area contributed by atoms with Gasteiger partial charge in [0.1, 0.15) is 16.6 Å². The molecule has 196 valence electrons. The Morgan fingerprint density at radius 2 is 1.79 bits per heavy atom. The van der Waals surface area contributed by atoms with Gasteiger partial charge >= 0.3 is 0 Å². The van der Waals surface area contributed by atoms with Gasteiger partial charge in [-0.1, -0.05) is 72.9 Å². The van der Waals surface area contributed by atoms with E-state index in [-0.39, 0.29) is 18.2 Å². The summed E-state index contributed by atoms with van der Waals surface area (Å²) in [6, 6.07) is 22.6. The molecule has 3 N–H and O–H groups in total. The number of carbonyl (C=O) groups is 2. The molecule has 2 atom stereocenters. The fraction of sp³-hybridized carbons (Fsp3) is 0.194. The quantitative estimate of drug-likeness (QED) is 0.220. The number of carbonyl (C=O) groups excluding carboxylic acids is 2. The predicted molar refractivity (Wildman–Crippen MR) is 162 cm³/mol. The molecule has 2 fully saturated rings. The maximum Gasteiger partial charge on any atom is 0.266 e. The van der Waals surface area contributed by atoms with Crippen LogP contribution in [-0.4, -0.2) is 38.7 Å². The Bertz CT molecular complexity index is 1550. The van der Waals surface area contributed by atoms with Gasteiger partial charge in [0, 0.05) is 23.3 Å². The zero-order chi connectivity index (χ0) is 27.1. The van der Waals surface area contributed by atoms with Crippen LogP contribution in [0, 0.1) is 0 Å². The van der Waals surface area contributed by atoms with Crippen LogP contribution in [0.3, 0.4) is 0 Å². The Kier molecular flexibility index (Phi) is 6.74. The van der Waals surface area contributed by atoms with E-state index in [0.717, 1.165) is 29.5 Å². The van der Waals surface area contributed by atoms with E-state index in [0.29, 0.717) is 21.2 Å². The molecule has 8 heteroatoms. The topological polar surface area (TPSA) is 86.9 Å². The minimum atomic E-state index is -0.585. The van der Waals surface area contributed by atoms with Gasteiger partial charge in [-0.2, -0.15) is 0 Å². The summed E-state index contributed by atoms with van der Waals surface area (Å²) in [6.07, 6.45) is 9.37. The standard InChI is InChI=1S/C31H27N3O3S2/c32-29(36)18-33-30(37)28(39-31(33)38)17-21-11-14-27-25(16-21)24-5-2-6-26(24)34(27)22-12-9-19(10-13-22)7-8-20-3-1-4-23(35)15-20/h1,3-4,7-17,24,26,35H,2,5-6,18H2,(H2,32,36)/b8-7+,28-17+. The average molecular weight is 554 g/mol. The lowest BCUT2D eigenvalue weighted by Crippen LogP contribution is -2.36. The molecule has 2 heterocycles. The number of thiocarbonyl (C=S) groups is 1. The third-order valence-electron chi connectivity index (χ3n) is 7.52. The van der Waals surface area contributed by atoms with Gasteiger partial charge in [-0.25, -0.2) is 0 Å². The highest BCUT2D eigenvalue weighted by atomic mass is 32.2. The van der Waals surface area contributed by atoms with E-state index in [9.17, 15) is 14.7 Å². The van der Waals surface area contributed by atoms with Crippen molar-refractivity contribution in [2.45, 2.75) is 31.2 Å². The van der Waals surface area contributed by atoms with Gasteiger partial charge in [-0.05, 0) is 77.6 Å². The summed E-state index contributed by atoms with van der Waals surface area (Å²) >= 11 is 6.50. The van der Waals surface area contributed by atoms with Gasteiger partial charge in [0.15, 0.2) is 0 Å². The molecular formula is C31H27N3O3S2. The van der Waals surface area contributed by atoms with Crippen molar-refractivity contribution < 1.29 is 14.7 Å². The van der Waals surface area contributed by atoms with Crippen LogP contribution in [0.5, 0.6) is 5.75 Å². The van der Waals surface area contributed by atoms with Gasteiger partial charge in [-0.15, -0.1) is 0 Å². The number of phenols is 1. The van der Waals surface area contributed by atoms with E-state index in [2.05, 4.69) is 41.3 Å². The number of hydrogen-bond donors (Lipinski definition) is 2. The normalized spacial score (nSPS) is 21.3. The number of phenolic OH excluding ortho intramolecular Hbond substituents is 1. The van der Waals surface area contributed by atoms with Gasteiger partial charge in [0.05, 0.1) is 4.91 Å². The molecule has 2 aliphatic heterocycles. The average Bonchev–Trinajstić information content (AvgIpc) is 3.58. The third kappa shape index (κ3) is 4.97. The minimum Gasteiger partial charge on any atom is -0.508 e. The van der Waals surface area contributed by atoms with Crippen LogP contribution in [0.2, 0.25) is 0 Å². The fourth-order valence-corrected chi connectivity index (χ4v) is 7.07. The summed E-state index contributed by atoms with van der Waals surface area (Å²) in [6.45, 7) is -0.199. The molecule has 0 bridgehead atoms. The maximum absolute atomic E-state index is 12.8. The van der Waals surface area contributed by atoms with Crippen LogP contribution in [0.1, 0.15) is 47.4 Å². The fourth-order valence-electron chi connectivity index (χ4n) is 5.81. The van der Waals surface area contributed by atoms with Crippen molar-refractivity contribution >= 4 is 69.7 Å². The number of primary amides is 1. The Balaban J connectivity index is 1.26. The highest BCUT2D eigenvalue weighted by Gasteiger charge is 2.42. The van der Waals surface area contributed by atoms with E-state index >= 15 is 0 Å². The second kappa shape index (κ2) is 10.4. The molecule has 6 nitrogen and oxygen atoms in total. The summed E-state index contributed by atoms with van der Waals surface area (Å²) in [5, 5.41) is 9.69. The van der Waals surface area contributed by atoms with Gasteiger partial charge in [0.2, 0.25) is 5.91 Å². The molecule has 6 rings (SSSR count). The van der Waals surface area contributed by atoms with Crippen molar-refractivity contribution in [3.8, 4) is 5.75 Å². The lowest BCUT2D eigenvalue weighted by Gasteiger charge is -2.27. The summed E-state index contributed by atoms with van der Waals surface area (Å²) in [7, 11) is 0. The predicted octanol–water partition coefficient (Wildman–Crippen LogP) is 6.04. The van der Waals surface area contributed by atoms with Crippen LogP contribution in [0.4, 0.5) is 11.4 Å². The van der Waals surface area contributed by atoms with Crippen molar-refractivity contribution in [3.63, 3.8) is 0 Å². The van der Waals surface area contributed by atoms with Crippen LogP contribution in [0.15, 0.2) is 71.6 Å². The second-order valence-electron chi connectivity index (χ2n) is 10.0. The lowest BCUT2D eigenvalue weighted by atomic mass is 9.96. The van der Waals surface area contributed by atoms with Crippen molar-refractivity contribution in [3.05, 3.63) is 93.9 Å². The number of nitrogens with zero attached hydrogens (tertiary/aromatic N) is 2. The Morgan fingerprint density at radius 1 is 1.03 bits per heavy atom. The molecule has 3 aromatic carbocycles. The van der Waals surface area contributed by atoms with Crippen molar-refractivity contribution in [2.24, 2.45) is 5.73 Å². The van der Waals surface area contributed by atoms with Crippen molar-refractivity contribution in [1.29, 1.82) is 0 Å². The third-order valence-corrected chi connectivity index (χ3v) is 8.89. The first-order chi connectivity index (χ1) is 18.9. The number of nitrogens with two attached hydrogens (primary N) is 1. The smallest absolute Gasteiger partial charge is 0.266 e. The van der Waals surface area contributed by atoms with Crippen LogP contribution in [0.25, 0.3) is 18.2 Å². The first-order valence-corrected chi connectivity index (χ1v) is 14.1. The number of benzene rings is 3. The number of rotatable bonds is 6. The molecule has 1 saturated heterocycles. The Morgan fingerprint density at radius 3 is 2.56 bits per heavy atom. The second-order valence-corrected chi connectivity index (χ2v) is 11.7. The van der Waals surface area contributed by atoms with E-state index in [1.807, 2.05) is 36.4 Å². The lowest BCUT2D eigenvalue weighted by molar-refractivity contribution is -0.127. The highest BCUT2D eigenvalue weighted by Crippen LogP contribution is 2.52. The van der Waals surface area contributed by atoms with Gasteiger partial charge < -0.3 is 15.7 Å². The summed E-state index contributed by atoms with van der Waals surface area (Å²) in [4.78, 5) is 28.4. The molecule has 2 amide bonds. The molecule has 2 unspecified atom stereocenters. The molecule has 0 radical (unpaired) electrons. The van der Waals surface area contributed by atoms with E-state index in [1.54, 1.807) is 12.1 Å². The number of aromatic hydroxyl groups is 1. The minimum absolute atomic E-state index is 0.199. The molecule has 3 aliphatic rings. The first kappa shape index (κ1) is 25.4. The summed E-state index contributed by atoms with van der Waals surface area (Å²) in [5.74, 6) is -0.156. The van der Waals surface area contributed by atoms with Crippen molar-refractivity contribution in [1.82, 2.24) is 4.90 Å². The van der Waals surface area contributed by atoms with Crippen LogP contribution in [-0.2, 0) is 9.59 Å². The number of thioether (sulfide) groups is 1. The molecule has 1 aliphatic carbocycles. The molecular weight excluding hydrogens is 526 g/mol. The van der Waals surface area contributed by atoms with Gasteiger partial charge in [-0.3, -0.25) is 14.5 Å². The van der Waals surface area contributed by atoms with Gasteiger partial charge in [0.25, 0.3) is 5.91 Å².